The van der Waals surface area contributed by atoms with E-state index < -0.39 is 18.1 Å². The van der Waals surface area contributed by atoms with Crippen LogP contribution in [-0.4, -0.2) is 81.8 Å². The number of carbonyl (C=O) groups is 3. The number of aromatic nitrogens is 2. The summed E-state index contributed by atoms with van der Waals surface area (Å²) in [7, 11) is 1.64. The molecular weight excluding hydrogens is 572 g/mol. The second-order valence-corrected chi connectivity index (χ2v) is 11.8. The van der Waals surface area contributed by atoms with Gasteiger partial charge in [-0.3, -0.25) is 9.59 Å². The third-order valence-electron chi connectivity index (χ3n) is 7.49. The van der Waals surface area contributed by atoms with E-state index in [4.69, 9.17) is 9.26 Å². The quantitative estimate of drug-likeness (QED) is 0.278. The molecule has 3 atom stereocenters. The molecule has 0 fully saturated rings. The van der Waals surface area contributed by atoms with Gasteiger partial charge in [0.05, 0.1) is 40.7 Å². The number of rotatable bonds is 7. The third-order valence-corrected chi connectivity index (χ3v) is 8.53. The number of aryl methyl sites for hydroxylation is 2. The van der Waals surface area contributed by atoms with Gasteiger partial charge in [-0.15, -0.1) is 11.3 Å². The first-order valence-corrected chi connectivity index (χ1v) is 14.7. The first kappa shape index (κ1) is 30.0. The van der Waals surface area contributed by atoms with E-state index in [0.717, 1.165) is 4.70 Å². The molecule has 13 heteroatoms. The number of amides is 4. The van der Waals surface area contributed by atoms with Crippen molar-refractivity contribution >= 4 is 50.8 Å². The summed E-state index contributed by atoms with van der Waals surface area (Å²) in [5.41, 5.74) is 2.32. The molecule has 0 bridgehead atoms. The van der Waals surface area contributed by atoms with E-state index in [2.05, 4.69) is 20.8 Å². The van der Waals surface area contributed by atoms with E-state index >= 15 is 0 Å². The average molecular weight is 607 g/mol. The van der Waals surface area contributed by atoms with Crippen LogP contribution in [0.15, 0.2) is 47.0 Å². The first-order valence-electron chi connectivity index (χ1n) is 13.9. The lowest BCUT2D eigenvalue weighted by atomic mass is 9.99. The van der Waals surface area contributed by atoms with Gasteiger partial charge in [0.1, 0.15) is 17.5 Å². The molecule has 0 unspecified atom stereocenters. The Labute approximate surface area is 252 Å². The van der Waals surface area contributed by atoms with Crippen LogP contribution in [0.3, 0.4) is 0 Å². The van der Waals surface area contributed by atoms with Crippen LogP contribution in [0.5, 0.6) is 5.75 Å². The summed E-state index contributed by atoms with van der Waals surface area (Å²) in [5, 5.41) is 19.8. The topological polar surface area (TPSA) is 150 Å². The van der Waals surface area contributed by atoms with Crippen molar-refractivity contribution in [2.45, 2.75) is 39.8 Å². The van der Waals surface area contributed by atoms with Gasteiger partial charge in [-0.05, 0) is 45.0 Å². The van der Waals surface area contributed by atoms with Gasteiger partial charge in [-0.25, -0.2) is 9.78 Å². The van der Waals surface area contributed by atoms with Gasteiger partial charge >= 0.3 is 6.03 Å². The van der Waals surface area contributed by atoms with Crippen molar-refractivity contribution in [3.8, 4) is 5.75 Å². The molecule has 0 radical (unpaired) electrons. The molecule has 0 saturated carbocycles. The molecule has 4 aromatic rings. The van der Waals surface area contributed by atoms with Crippen molar-refractivity contribution in [2.75, 3.05) is 37.4 Å². The fourth-order valence-electron chi connectivity index (χ4n) is 4.92. The highest BCUT2D eigenvalue weighted by molar-refractivity contribution is 7.20. The number of anilines is 2. The van der Waals surface area contributed by atoms with E-state index in [1.165, 1.54) is 16.2 Å². The Bertz CT molecular complexity index is 1620. The summed E-state index contributed by atoms with van der Waals surface area (Å²) in [6.45, 7) is 7.35. The van der Waals surface area contributed by atoms with Crippen molar-refractivity contribution in [1.29, 1.82) is 0 Å². The number of aliphatic hydroxyl groups excluding tert-OH is 1. The van der Waals surface area contributed by atoms with Crippen LogP contribution >= 0.6 is 11.3 Å². The molecule has 5 rings (SSSR count). The van der Waals surface area contributed by atoms with E-state index in [9.17, 15) is 19.5 Å². The summed E-state index contributed by atoms with van der Waals surface area (Å²) < 4.78 is 12.6. The highest BCUT2D eigenvalue weighted by atomic mass is 32.1. The lowest BCUT2D eigenvalue weighted by Gasteiger charge is -2.38. The highest BCUT2D eigenvalue weighted by Crippen LogP contribution is 2.35. The summed E-state index contributed by atoms with van der Waals surface area (Å²) in [5.74, 6) is -0.345. The number of ether oxygens (including phenoxy) is 1. The molecule has 12 nitrogen and oxygen atoms in total. The molecule has 2 aromatic heterocycles. The number of para-hydroxylation sites is 2. The van der Waals surface area contributed by atoms with Crippen LogP contribution in [0.25, 0.3) is 10.2 Å². The van der Waals surface area contributed by atoms with E-state index in [1.54, 1.807) is 50.9 Å². The molecule has 2 aromatic carbocycles. The molecule has 0 aliphatic carbocycles. The maximum absolute atomic E-state index is 13.8. The Morgan fingerprint density at radius 1 is 1.19 bits per heavy atom. The number of thiazole rings is 1. The van der Waals surface area contributed by atoms with Crippen LogP contribution in [0.1, 0.15) is 45.5 Å². The summed E-state index contributed by atoms with van der Waals surface area (Å²) in [4.78, 5) is 47.8. The van der Waals surface area contributed by atoms with Crippen LogP contribution in [-0.2, 0) is 0 Å². The van der Waals surface area contributed by atoms with Crippen molar-refractivity contribution in [3.05, 3.63) is 64.5 Å². The molecule has 1 aliphatic rings. The summed E-state index contributed by atoms with van der Waals surface area (Å²) in [6, 6.07) is 11.6. The minimum Gasteiger partial charge on any atom is -0.485 e. The molecule has 4 amide bonds. The lowest BCUT2D eigenvalue weighted by Crippen LogP contribution is -2.50. The maximum Gasteiger partial charge on any atom is 0.321 e. The molecule has 1 aliphatic heterocycles. The molecule has 0 spiro atoms. The Balaban J connectivity index is 1.46. The molecule has 0 saturated heterocycles. The Morgan fingerprint density at radius 3 is 2.65 bits per heavy atom. The van der Waals surface area contributed by atoms with Crippen LogP contribution in [0.2, 0.25) is 0 Å². The van der Waals surface area contributed by atoms with Crippen molar-refractivity contribution < 1.29 is 28.8 Å². The number of aliphatic hydroxyl groups is 1. The number of likely N-dealkylation sites (N-methyl/N-ethyl adjacent to an activating group) is 1. The lowest BCUT2D eigenvalue weighted by molar-refractivity contribution is 0.0372. The second kappa shape index (κ2) is 12.4. The minimum absolute atomic E-state index is 0.158. The van der Waals surface area contributed by atoms with Crippen LogP contribution < -0.4 is 15.4 Å². The number of hydrogen-bond acceptors (Lipinski definition) is 9. The predicted octanol–water partition coefficient (Wildman–Crippen LogP) is 4.54. The Kier molecular flexibility index (Phi) is 8.64. The second-order valence-electron chi connectivity index (χ2n) is 10.8. The minimum atomic E-state index is -0.582. The number of nitrogens with one attached hydrogen (secondary N) is 2. The van der Waals surface area contributed by atoms with Gasteiger partial charge in [0.2, 0.25) is 0 Å². The van der Waals surface area contributed by atoms with Gasteiger partial charge in [-0.2, -0.15) is 0 Å². The third kappa shape index (κ3) is 6.18. The normalized spacial score (nSPS) is 17.4. The SMILES string of the molecule is Cc1noc(C)c1NC(=O)N(C)C[C@H]1Oc2c(NC(=O)c3nc4ccccc4s3)cccc2C(=O)N([C@@H](C)CO)C[C@@H]1C. The molecule has 3 N–H and O–H groups in total. The average Bonchev–Trinajstić information content (AvgIpc) is 3.57. The number of hydrogen-bond donors (Lipinski definition) is 3. The molecule has 226 valence electrons. The van der Waals surface area contributed by atoms with Gasteiger partial charge in [0.25, 0.3) is 11.8 Å². The monoisotopic (exact) mass is 606 g/mol. The smallest absolute Gasteiger partial charge is 0.321 e. The molecular formula is C30H34N6O6S. The van der Waals surface area contributed by atoms with Crippen LogP contribution in [0.4, 0.5) is 16.2 Å². The van der Waals surface area contributed by atoms with Crippen molar-refractivity contribution in [2.24, 2.45) is 5.92 Å². The fraction of sp³-hybridized carbons (Fsp3) is 0.367. The van der Waals surface area contributed by atoms with E-state index in [-0.39, 0.29) is 53.9 Å². The Hall–Kier alpha value is -4.49. The van der Waals surface area contributed by atoms with Crippen LogP contribution in [0, 0.1) is 19.8 Å². The van der Waals surface area contributed by atoms with Gasteiger partial charge in [0.15, 0.2) is 16.5 Å². The number of benzene rings is 2. The number of fused-ring (bicyclic) bond motifs is 2. The summed E-state index contributed by atoms with van der Waals surface area (Å²) >= 11 is 1.26. The van der Waals surface area contributed by atoms with Gasteiger partial charge in [-0.1, -0.05) is 30.3 Å². The van der Waals surface area contributed by atoms with Gasteiger partial charge < -0.3 is 34.8 Å². The number of urea groups is 1. The fourth-order valence-corrected chi connectivity index (χ4v) is 5.78. The standard InChI is InChI=1S/C30H34N6O6S/c1-16-13-36(17(2)15-37)29(39)20-9-8-11-22(31-27(38)28-32-21-10-6-7-12-24(21)43-28)26(20)41-23(16)14-35(5)30(40)33-25-18(3)34-42-19(25)4/h6-12,16-17,23,37H,13-15H2,1-5H3,(H,31,38)(H,33,40)/t16-,17-,23+/m0/s1. The molecule has 43 heavy (non-hydrogen) atoms. The van der Waals surface area contributed by atoms with Crippen molar-refractivity contribution in [1.82, 2.24) is 19.9 Å². The number of carbonyl (C=O) groups excluding carboxylic acids is 3. The zero-order valence-corrected chi connectivity index (χ0v) is 25.4. The van der Waals surface area contributed by atoms with E-state index in [1.807, 2.05) is 31.2 Å². The summed E-state index contributed by atoms with van der Waals surface area (Å²) in [6.07, 6.45) is -0.582. The largest absolute Gasteiger partial charge is 0.485 e. The highest BCUT2D eigenvalue weighted by Gasteiger charge is 2.35. The van der Waals surface area contributed by atoms with Crippen molar-refractivity contribution in [3.63, 3.8) is 0 Å². The Morgan fingerprint density at radius 2 is 1.95 bits per heavy atom. The zero-order valence-electron chi connectivity index (χ0n) is 24.6. The predicted molar refractivity (Wildman–Crippen MR) is 163 cm³/mol. The molecule has 3 heterocycles. The van der Waals surface area contributed by atoms with E-state index in [0.29, 0.717) is 28.3 Å². The zero-order chi connectivity index (χ0) is 30.8. The maximum atomic E-state index is 13.8. The first-order chi connectivity index (χ1) is 20.6. The number of nitrogens with zero attached hydrogens (tertiary/aromatic N) is 4. The van der Waals surface area contributed by atoms with Gasteiger partial charge in [0, 0.05) is 19.5 Å².